The fourth-order valence-corrected chi connectivity index (χ4v) is 5.68. The zero-order chi connectivity index (χ0) is 21.7. The molecule has 32 heavy (non-hydrogen) atoms. The Morgan fingerprint density at radius 2 is 1.84 bits per heavy atom. The van der Waals surface area contributed by atoms with Crippen LogP contribution in [0.3, 0.4) is 0 Å². The fourth-order valence-electron chi connectivity index (χ4n) is 4.56. The number of aromatic nitrogens is 3. The Labute approximate surface area is 189 Å². The van der Waals surface area contributed by atoms with Gasteiger partial charge in [0, 0.05) is 54.7 Å². The Bertz CT molecular complexity index is 1270. The van der Waals surface area contributed by atoms with Crippen LogP contribution in [0, 0.1) is 5.82 Å². The van der Waals surface area contributed by atoms with E-state index in [2.05, 4.69) is 49.4 Å². The highest BCUT2D eigenvalue weighted by molar-refractivity contribution is 7.15. The van der Waals surface area contributed by atoms with Crippen molar-refractivity contribution in [3.8, 4) is 21.7 Å². The number of hydrogen-bond acceptors (Lipinski definition) is 6. The van der Waals surface area contributed by atoms with Crippen molar-refractivity contribution in [2.24, 2.45) is 0 Å². The van der Waals surface area contributed by atoms with Gasteiger partial charge in [-0.1, -0.05) is 12.1 Å². The molecule has 1 saturated heterocycles. The number of H-pyrrole nitrogens is 1. The van der Waals surface area contributed by atoms with E-state index in [0.717, 1.165) is 49.2 Å². The van der Waals surface area contributed by atoms with Gasteiger partial charge in [0.25, 0.3) is 0 Å². The molecular weight excluding hydrogens is 425 g/mol. The number of thiazole rings is 1. The first-order chi connectivity index (χ1) is 15.6. The van der Waals surface area contributed by atoms with E-state index in [9.17, 15) is 9.50 Å². The van der Waals surface area contributed by atoms with E-state index >= 15 is 0 Å². The number of nitrogens with one attached hydrogen (secondary N) is 2. The van der Waals surface area contributed by atoms with Crippen molar-refractivity contribution < 1.29 is 9.50 Å². The molecule has 6 rings (SSSR count). The van der Waals surface area contributed by atoms with E-state index in [1.807, 2.05) is 6.07 Å². The number of piperazine rings is 1. The fraction of sp³-hybridized carbons (Fsp3) is 0.333. The normalized spacial score (nSPS) is 18.1. The highest BCUT2D eigenvalue weighted by Gasteiger charge is 2.39. The molecule has 0 radical (unpaired) electrons. The molecule has 0 atom stereocenters. The predicted octanol–water partition coefficient (Wildman–Crippen LogP) is 4.27. The Morgan fingerprint density at radius 3 is 2.56 bits per heavy atom. The zero-order valence-electron chi connectivity index (χ0n) is 17.6. The largest absolute Gasteiger partial charge is 0.383 e. The molecule has 2 fully saturated rings. The lowest BCUT2D eigenvalue weighted by Crippen LogP contribution is -2.43. The van der Waals surface area contributed by atoms with E-state index in [1.54, 1.807) is 6.20 Å². The van der Waals surface area contributed by atoms with Gasteiger partial charge in [-0.2, -0.15) is 0 Å². The van der Waals surface area contributed by atoms with Crippen molar-refractivity contribution in [3.63, 3.8) is 0 Å². The molecule has 6 nitrogen and oxygen atoms in total. The average Bonchev–Trinajstić information content (AvgIpc) is 3.46. The van der Waals surface area contributed by atoms with Crippen LogP contribution in [0.25, 0.3) is 32.7 Å². The number of fused-ring (bicyclic) bond motifs is 1. The van der Waals surface area contributed by atoms with Gasteiger partial charge < -0.3 is 20.3 Å². The Morgan fingerprint density at radius 1 is 1.06 bits per heavy atom. The Balaban J connectivity index is 1.36. The summed E-state index contributed by atoms with van der Waals surface area (Å²) in [5.41, 5.74) is 3.42. The van der Waals surface area contributed by atoms with Crippen molar-refractivity contribution in [2.45, 2.75) is 24.9 Å². The van der Waals surface area contributed by atoms with Crippen molar-refractivity contribution in [1.82, 2.24) is 20.3 Å². The molecule has 0 spiro atoms. The maximum atomic E-state index is 14.9. The first kappa shape index (κ1) is 19.8. The molecule has 0 bridgehead atoms. The molecule has 3 N–H and O–H groups in total. The Kier molecular flexibility index (Phi) is 4.74. The quantitative estimate of drug-likeness (QED) is 0.434. The highest BCUT2D eigenvalue weighted by atomic mass is 32.1. The number of nitrogens with zero attached hydrogens (tertiary/aromatic N) is 3. The molecule has 0 unspecified atom stereocenters. The molecule has 1 aliphatic carbocycles. The monoisotopic (exact) mass is 449 g/mol. The van der Waals surface area contributed by atoms with E-state index in [4.69, 9.17) is 0 Å². The molecule has 8 heteroatoms. The van der Waals surface area contributed by atoms with Gasteiger partial charge in [-0.05, 0) is 43.0 Å². The van der Waals surface area contributed by atoms with Crippen molar-refractivity contribution in [1.29, 1.82) is 0 Å². The number of halogens is 1. The minimum absolute atomic E-state index is 0.382. The van der Waals surface area contributed by atoms with Crippen molar-refractivity contribution in [3.05, 3.63) is 53.6 Å². The summed E-state index contributed by atoms with van der Waals surface area (Å²) in [6, 6.07) is 10.4. The molecule has 1 saturated carbocycles. The summed E-state index contributed by atoms with van der Waals surface area (Å²) in [6.07, 6.45) is 5.35. The van der Waals surface area contributed by atoms with Crippen LogP contribution in [-0.2, 0) is 5.60 Å². The van der Waals surface area contributed by atoms with Crippen LogP contribution >= 0.6 is 11.3 Å². The van der Waals surface area contributed by atoms with Crippen LogP contribution < -0.4 is 10.2 Å². The maximum absolute atomic E-state index is 14.9. The van der Waals surface area contributed by atoms with Crippen molar-refractivity contribution in [2.75, 3.05) is 31.1 Å². The molecule has 0 amide bonds. The predicted molar refractivity (Wildman–Crippen MR) is 125 cm³/mol. The van der Waals surface area contributed by atoms with Crippen LogP contribution in [0.1, 0.15) is 24.3 Å². The second-order valence-electron chi connectivity index (χ2n) is 8.63. The number of aromatic amines is 1. The van der Waals surface area contributed by atoms with E-state index in [-0.39, 0.29) is 5.82 Å². The first-order valence-corrected chi connectivity index (χ1v) is 11.8. The third-order valence-electron chi connectivity index (χ3n) is 6.60. The summed E-state index contributed by atoms with van der Waals surface area (Å²) in [5.74, 6) is -0.382. The Hall–Kier alpha value is -2.81. The van der Waals surface area contributed by atoms with Gasteiger partial charge in [0.15, 0.2) is 5.82 Å². The third-order valence-corrected chi connectivity index (χ3v) is 7.81. The van der Waals surface area contributed by atoms with Gasteiger partial charge in [-0.3, -0.25) is 0 Å². The summed E-state index contributed by atoms with van der Waals surface area (Å²) >= 11 is 1.37. The van der Waals surface area contributed by atoms with Crippen LogP contribution in [0.15, 0.2) is 42.7 Å². The highest BCUT2D eigenvalue weighted by Crippen LogP contribution is 2.45. The lowest BCUT2D eigenvalue weighted by molar-refractivity contribution is -0.0389. The smallest absolute Gasteiger partial charge is 0.150 e. The third kappa shape index (κ3) is 3.30. The topological polar surface area (TPSA) is 77.1 Å². The maximum Gasteiger partial charge on any atom is 0.150 e. The first-order valence-electron chi connectivity index (χ1n) is 11.0. The number of pyridine rings is 1. The van der Waals surface area contributed by atoms with Gasteiger partial charge >= 0.3 is 0 Å². The number of benzene rings is 1. The second kappa shape index (κ2) is 7.65. The van der Waals surface area contributed by atoms with E-state index in [1.165, 1.54) is 23.2 Å². The van der Waals surface area contributed by atoms with Gasteiger partial charge in [0.2, 0.25) is 0 Å². The average molecular weight is 450 g/mol. The molecule has 3 aromatic heterocycles. The van der Waals surface area contributed by atoms with E-state index < -0.39 is 5.60 Å². The molecule has 1 aromatic carbocycles. The molecule has 164 valence electrons. The summed E-state index contributed by atoms with van der Waals surface area (Å²) in [7, 11) is 0. The SMILES string of the molecule is OC1(c2ncc(-c3c(F)cnc4[nH]c(-c5ccc(N6CCNCC6)cc5)cc34)s2)CCC1. The van der Waals surface area contributed by atoms with Crippen LogP contribution in [0.5, 0.6) is 0 Å². The summed E-state index contributed by atoms with van der Waals surface area (Å²) in [4.78, 5) is 15.1. The number of hydrogen-bond donors (Lipinski definition) is 3. The lowest BCUT2D eigenvalue weighted by atomic mass is 9.81. The number of aliphatic hydroxyl groups is 1. The summed E-state index contributed by atoms with van der Waals surface area (Å²) < 4.78 is 14.9. The van der Waals surface area contributed by atoms with Gasteiger partial charge in [-0.15, -0.1) is 11.3 Å². The summed E-state index contributed by atoms with van der Waals surface area (Å²) in [5, 5.41) is 15.4. The van der Waals surface area contributed by atoms with Gasteiger partial charge in [0.1, 0.15) is 16.3 Å². The van der Waals surface area contributed by atoms with Crippen LogP contribution in [0.2, 0.25) is 0 Å². The molecular formula is C24H24FN5OS. The molecule has 1 aliphatic heterocycles. The van der Waals surface area contributed by atoms with Gasteiger partial charge in [-0.25, -0.2) is 14.4 Å². The van der Waals surface area contributed by atoms with Crippen LogP contribution in [0.4, 0.5) is 10.1 Å². The van der Waals surface area contributed by atoms with Crippen molar-refractivity contribution >= 4 is 28.1 Å². The summed E-state index contributed by atoms with van der Waals surface area (Å²) in [6.45, 7) is 4.01. The van der Waals surface area contributed by atoms with Gasteiger partial charge in [0.05, 0.1) is 11.1 Å². The lowest BCUT2D eigenvalue weighted by Gasteiger charge is -2.34. The number of rotatable bonds is 4. The second-order valence-corrected chi connectivity index (χ2v) is 9.66. The number of anilines is 1. The van der Waals surface area contributed by atoms with Crippen LogP contribution in [-0.4, -0.2) is 46.2 Å². The minimum atomic E-state index is -0.846. The molecule has 2 aliphatic rings. The molecule has 4 heterocycles. The molecule has 4 aromatic rings. The standard InChI is InChI=1S/C24H24FN5OS/c25-18-13-27-22-17(21(18)20-14-28-23(32-20)24(31)6-1-7-24)12-19(29-22)15-2-4-16(5-3-15)30-10-8-26-9-11-30/h2-5,12-14,26,31H,1,6-11H2,(H,27,29). The minimum Gasteiger partial charge on any atom is -0.383 e. The zero-order valence-corrected chi connectivity index (χ0v) is 18.4. The van der Waals surface area contributed by atoms with E-state index in [0.29, 0.717) is 33.9 Å².